The van der Waals surface area contributed by atoms with Crippen LogP contribution >= 0.6 is 0 Å². The van der Waals surface area contributed by atoms with E-state index in [4.69, 9.17) is 4.74 Å². The van der Waals surface area contributed by atoms with Gasteiger partial charge in [-0.1, -0.05) is 0 Å². The predicted molar refractivity (Wildman–Crippen MR) is 95.0 cm³/mol. The average molecular weight is 391 g/mol. The third kappa shape index (κ3) is 3.01. The van der Waals surface area contributed by atoms with Crippen LogP contribution in [-0.4, -0.2) is 63.2 Å². The Morgan fingerprint density at radius 2 is 2.18 bits per heavy atom. The van der Waals surface area contributed by atoms with Crippen molar-refractivity contribution in [3.8, 4) is 11.4 Å². The van der Waals surface area contributed by atoms with Gasteiger partial charge >= 0.3 is 6.18 Å². The molecule has 146 valence electrons. The lowest BCUT2D eigenvalue weighted by molar-refractivity contribution is -0.115. The number of morpholine rings is 1. The summed E-state index contributed by atoms with van der Waals surface area (Å²) in [5.74, 6) is 0.859. The standard InChI is InChI=1S/C17H16F3N7O/c18-17(19,20)7-22-16-14-11(1-2-21-16)25-26-15(14)12-4-13(24-8-23-12)27-5-10-3-9(27)6-28-10/h1-2,4,8-10H,3,5-7H2,(H,21,22)(H,25,26)/t9-,10-/m0/s1. The van der Waals surface area contributed by atoms with Crippen molar-refractivity contribution in [1.82, 2.24) is 25.1 Å². The van der Waals surface area contributed by atoms with Crippen LogP contribution in [0.4, 0.5) is 24.8 Å². The number of hydrogen-bond donors (Lipinski definition) is 2. The number of aromatic amines is 1. The van der Waals surface area contributed by atoms with Gasteiger partial charge in [-0.15, -0.1) is 0 Å². The Bertz CT molecular complexity index is 1020. The molecule has 2 aliphatic rings. The van der Waals surface area contributed by atoms with E-state index in [0.29, 0.717) is 28.9 Å². The third-order valence-corrected chi connectivity index (χ3v) is 5.02. The first-order valence-electron chi connectivity index (χ1n) is 8.82. The van der Waals surface area contributed by atoms with Crippen LogP contribution < -0.4 is 10.2 Å². The van der Waals surface area contributed by atoms with E-state index in [9.17, 15) is 13.2 Å². The zero-order chi connectivity index (χ0) is 19.3. The van der Waals surface area contributed by atoms with E-state index in [1.54, 1.807) is 12.1 Å². The summed E-state index contributed by atoms with van der Waals surface area (Å²) < 4.78 is 43.5. The highest BCUT2D eigenvalue weighted by Gasteiger charge is 2.39. The maximum atomic E-state index is 12.6. The molecule has 2 aliphatic heterocycles. The Hall–Kier alpha value is -2.95. The van der Waals surface area contributed by atoms with E-state index in [0.717, 1.165) is 18.8 Å². The van der Waals surface area contributed by atoms with Crippen molar-refractivity contribution < 1.29 is 17.9 Å². The number of anilines is 2. The Morgan fingerprint density at radius 3 is 2.93 bits per heavy atom. The van der Waals surface area contributed by atoms with Crippen molar-refractivity contribution in [2.45, 2.75) is 24.7 Å². The lowest BCUT2D eigenvalue weighted by Crippen LogP contribution is -2.37. The number of hydrogen-bond acceptors (Lipinski definition) is 7. The fourth-order valence-electron chi connectivity index (χ4n) is 3.78. The molecule has 0 spiro atoms. The van der Waals surface area contributed by atoms with Crippen LogP contribution in [0.15, 0.2) is 24.7 Å². The zero-order valence-electron chi connectivity index (χ0n) is 14.6. The van der Waals surface area contributed by atoms with Crippen LogP contribution in [0.5, 0.6) is 0 Å². The fourth-order valence-corrected chi connectivity index (χ4v) is 3.78. The van der Waals surface area contributed by atoms with E-state index in [2.05, 4.69) is 35.4 Å². The number of fused-ring (bicyclic) bond motifs is 3. The summed E-state index contributed by atoms with van der Waals surface area (Å²) in [6.07, 6.45) is -0.295. The van der Waals surface area contributed by atoms with Crippen molar-refractivity contribution in [2.24, 2.45) is 0 Å². The van der Waals surface area contributed by atoms with Crippen LogP contribution in [0.3, 0.4) is 0 Å². The highest BCUT2D eigenvalue weighted by molar-refractivity contribution is 5.99. The lowest BCUT2D eigenvalue weighted by Gasteiger charge is -2.27. The highest BCUT2D eigenvalue weighted by atomic mass is 19.4. The summed E-state index contributed by atoms with van der Waals surface area (Å²) in [4.78, 5) is 14.9. The molecule has 3 aromatic heterocycles. The normalized spacial score (nSPS) is 21.6. The minimum Gasteiger partial charge on any atom is -0.374 e. The topological polar surface area (TPSA) is 91.9 Å². The predicted octanol–water partition coefficient (Wildman–Crippen LogP) is 2.37. The Labute approximate surface area is 157 Å². The van der Waals surface area contributed by atoms with Crippen LogP contribution in [0, 0.1) is 0 Å². The van der Waals surface area contributed by atoms with Crippen molar-refractivity contribution in [3.05, 3.63) is 24.7 Å². The van der Waals surface area contributed by atoms with Crippen molar-refractivity contribution in [3.63, 3.8) is 0 Å². The van der Waals surface area contributed by atoms with E-state index in [-0.39, 0.29) is 18.0 Å². The van der Waals surface area contributed by atoms with E-state index >= 15 is 0 Å². The molecule has 2 N–H and O–H groups in total. The first kappa shape index (κ1) is 17.2. The summed E-state index contributed by atoms with van der Waals surface area (Å²) in [6.45, 7) is 0.253. The van der Waals surface area contributed by atoms with Crippen molar-refractivity contribution >= 4 is 22.5 Å². The van der Waals surface area contributed by atoms with Gasteiger partial charge in [-0.2, -0.15) is 18.3 Å². The molecular weight excluding hydrogens is 375 g/mol. The molecule has 8 nitrogen and oxygen atoms in total. The van der Waals surface area contributed by atoms with E-state index in [1.807, 2.05) is 0 Å². The van der Waals surface area contributed by atoms with Gasteiger partial charge in [-0.25, -0.2) is 15.0 Å². The number of ether oxygens (including phenoxy) is 1. The Balaban J connectivity index is 1.52. The highest BCUT2D eigenvalue weighted by Crippen LogP contribution is 2.34. The SMILES string of the molecule is FC(F)(F)CNc1nccc2[nH]nc(-c3cc(N4C[C@@H]5C[C@H]4CO5)ncn3)c12. The first-order chi connectivity index (χ1) is 13.5. The van der Waals surface area contributed by atoms with Gasteiger partial charge in [0, 0.05) is 18.8 Å². The molecule has 0 radical (unpaired) electrons. The molecule has 0 amide bonds. The van der Waals surface area contributed by atoms with Gasteiger partial charge in [0.2, 0.25) is 0 Å². The number of rotatable bonds is 4. The molecule has 2 fully saturated rings. The molecule has 11 heteroatoms. The third-order valence-electron chi connectivity index (χ3n) is 5.02. The van der Waals surface area contributed by atoms with Gasteiger partial charge in [0.05, 0.1) is 35.3 Å². The van der Waals surface area contributed by atoms with Gasteiger partial charge in [0.25, 0.3) is 0 Å². The summed E-state index contributed by atoms with van der Waals surface area (Å²) in [6, 6.07) is 3.75. The number of nitrogens with one attached hydrogen (secondary N) is 2. The molecule has 2 bridgehead atoms. The van der Waals surface area contributed by atoms with Gasteiger partial charge in [0.15, 0.2) is 0 Å². The minimum atomic E-state index is -4.35. The van der Waals surface area contributed by atoms with Crippen LogP contribution in [0.2, 0.25) is 0 Å². The quantitative estimate of drug-likeness (QED) is 0.705. The Kier molecular flexibility index (Phi) is 3.86. The zero-order valence-corrected chi connectivity index (χ0v) is 14.6. The Morgan fingerprint density at radius 1 is 1.29 bits per heavy atom. The summed E-state index contributed by atoms with van der Waals surface area (Å²) in [5, 5.41) is 9.91. The second kappa shape index (κ2) is 6.30. The fraction of sp³-hybridized carbons (Fsp3) is 0.412. The molecule has 0 aromatic carbocycles. The molecule has 5 heterocycles. The molecule has 0 aliphatic carbocycles. The molecular formula is C17H16F3N7O. The van der Waals surface area contributed by atoms with Crippen molar-refractivity contribution in [1.29, 1.82) is 0 Å². The van der Waals surface area contributed by atoms with E-state index < -0.39 is 12.7 Å². The second-order valence-corrected chi connectivity index (χ2v) is 6.88. The van der Waals surface area contributed by atoms with Gasteiger partial charge < -0.3 is 15.0 Å². The number of aromatic nitrogens is 5. The first-order valence-corrected chi connectivity index (χ1v) is 8.82. The number of alkyl halides is 3. The number of H-pyrrole nitrogens is 1. The van der Waals surface area contributed by atoms with Crippen molar-refractivity contribution in [2.75, 3.05) is 29.9 Å². The van der Waals surface area contributed by atoms with Crippen LogP contribution in [0.25, 0.3) is 22.3 Å². The van der Waals surface area contributed by atoms with Gasteiger partial charge in [-0.05, 0) is 12.5 Å². The molecule has 28 heavy (non-hydrogen) atoms. The monoisotopic (exact) mass is 391 g/mol. The minimum absolute atomic E-state index is 0.104. The largest absolute Gasteiger partial charge is 0.405 e. The molecule has 0 saturated carbocycles. The molecule has 2 atom stereocenters. The van der Waals surface area contributed by atoms with Crippen LogP contribution in [-0.2, 0) is 4.74 Å². The molecule has 2 saturated heterocycles. The second-order valence-electron chi connectivity index (χ2n) is 6.88. The van der Waals surface area contributed by atoms with Crippen LogP contribution in [0.1, 0.15) is 6.42 Å². The smallest absolute Gasteiger partial charge is 0.374 e. The number of halogens is 3. The summed E-state index contributed by atoms with van der Waals surface area (Å²) in [5.41, 5.74) is 1.52. The maximum absolute atomic E-state index is 12.6. The molecule has 3 aromatic rings. The maximum Gasteiger partial charge on any atom is 0.405 e. The summed E-state index contributed by atoms with van der Waals surface area (Å²) in [7, 11) is 0. The molecule has 5 rings (SSSR count). The number of nitrogens with zero attached hydrogens (tertiary/aromatic N) is 5. The average Bonchev–Trinajstić information content (AvgIpc) is 3.41. The van der Waals surface area contributed by atoms with Gasteiger partial charge in [0.1, 0.15) is 30.2 Å². The number of pyridine rings is 1. The van der Waals surface area contributed by atoms with Gasteiger partial charge in [-0.3, -0.25) is 5.10 Å². The van der Waals surface area contributed by atoms with E-state index in [1.165, 1.54) is 12.5 Å². The molecule has 0 unspecified atom stereocenters. The lowest BCUT2D eigenvalue weighted by atomic mass is 10.1. The summed E-state index contributed by atoms with van der Waals surface area (Å²) >= 11 is 0.